The zero-order valence-corrected chi connectivity index (χ0v) is 16.4. The first-order valence-corrected chi connectivity index (χ1v) is 10.2. The van der Waals surface area contributed by atoms with E-state index in [-0.39, 0.29) is 23.9 Å². The molecule has 2 aliphatic rings. The molecule has 0 aliphatic carbocycles. The molecule has 0 radical (unpaired) electrons. The molecule has 3 atom stereocenters. The fraction of sp³-hybridized carbons (Fsp3) is 0.435. The van der Waals surface area contributed by atoms with Crippen LogP contribution >= 0.6 is 0 Å². The summed E-state index contributed by atoms with van der Waals surface area (Å²) < 4.78 is 39.6. The normalized spacial score (nSPS) is 22.4. The molecule has 29 heavy (non-hydrogen) atoms. The van der Waals surface area contributed by atoms with Gasteiger partial charge < -0.3 is 10.2 Å². The van der Waals surface area contributed by atoms with Crippen molar-refractivity contribution in [1.82, 2.24) is 5.32 Å². The van der Waals surface area contributed by atoms with Crippen molar-refractivity contribution < 1.29 is 18.0 Å². The van der Waals surface area contributed by atoms with E-state index < -0.39 is 11.7 Å². The lowest BCUT2D eigenvalue weighted by Gasteiger charge is -2.46. The molecule has 3 nitrogen and oxygen atoms in total. The van der Waals surface area contributed by atoms with Gasteiger partial charge in [0.15, 0.2) is 0 Å². The van der Waals surface area contributed by atoms with E-state index in [1.807, 2.05) is 37.3 Å². The molecule has 154 valence electrons. The Morgan fingerprint density at radius 1 is 1.14 bits per heavy atom. The van der Waals surface area contributed by atoms with Gasteiger partial charge in [0.2, 0.25) is 5.91 Å². The Morgan fingerprint density at radius 3 is 2.62 bits per heavy atom. The highest BCUT2D eigenvalue weighted by Crippen LogP contribution is 2.41. The number of fused-ring (bicyclic) bond motifs is 3. The Kier molecular flexibility index (Phi) is 5.28. The number of nitrogens with one attached hydrogen (secondary N) is 1. The average Bonchev–Trinajstić information content (AvgIpc) is 2.72. The maximum Gasteiger partial charge on any atom is 0.416 e. The minimum absolute atomic E-state index is 0.0379. The van der Waals surface area contributed by atoms with E-state index in [4.69, 9.17) is 0 Å². The van der Waals surface area contributed by atoms with E-state index >= 15 is 0 Å². The van der Waals surface area contributed by atoms with Gasteiger partial charge in [0, 0.05) is 18.3 Å². The lowest BCUT2D eigenvalue weighted by Crippen LogP contribution is -2.53. The van der Waals surface area contributed by atoms with Gasteiger partial charge in [0.05, 0.1) is 17.5 Å². The fourth-order valence-electron chi connectivity index (χ4n) is 4.67. The van der Waals surface area contributed by atoms with Gasteiger partial charge in [0.1, 0.15) is 0 Å². The van der Waals surface area contributed by atoms with Crippen LogP contribution in [0.1, 0.15) is 48.9 Å². The molecule has 3 unspecified atom stereocenters. The molecule has 4 rings (SSSR count). The van der Waals surface area contributed by atoms with Crippen molar-refractivity contribution in [2.45, 2.75) is 50.9 Å². The third-order valence-corrected chi connectivity index (χ3v) is 6.16. The summed E-state index contributed by atoms with van der Waals surface area (Å²) in [6, 6.07) is 13.6. The summed E-state index contributed by atoms with van der Waals surface area (Å²) in [5, 5.41) is 3.09. The van der Waals surface area contributed by atoms with E-state index in [0.29, 0.717) is 12.0 Å². The van der Waals surface area contributed by atoms with Crippen molar-refractivity contribution in [1.29, 1.82) is 0 Å². The van der Waals surface area contributed by atoms with Gasteiger partial charge in [0.25, 0.3) is 0 Å². The van der Waals surface area contributed by atoms with Gasteiger partial charge >= 0.3 is 6.18 Å². The number of halogens is 3. The zero-order chi connectivity index (χ0) is 20.6. The Balaban J connectivity index is 1.61. The lowest BCUT2D eigenvalue weighted by atomic mass is 9.80. The molecule has 0 aromatic heterocycles. The molecule has 2 heterocycles. The summed E-state index contributed by atoms with van der Waals surface area (Å²) >= 11 is 0. The topological polar surface area (TPSA) is 32.3 Å². The molecule has 6 heteroatoms. The minimum atomic E-state index is -4.38. The van der Waals surface area contributed by atoms with Crippen LogP contribution in [0.4, 0.5) is 18.9 Å². The highest BCUT2D eigenvalue weighted by atomic mass is 19.4. The number of rotatable bonds is 3. The molecule has 1 amide bonds. The molecule has 1 fully saturated rings. The number of hydrogen-bond acceptors (Lipinski definition) is 2. The molecular weight excluding hydrogens is 377 g/mol. The highest BCUT2D eigenvalue weighted by Gasteiger charge is 2.41. The van der Waals surface area contributed by atoms with Crippen LogP contribution in [-0.4, -0.2) is 18.5 Å². The van der Waals surface area contributed by atoms with Crippen LogP contribution < -0.4 is 10.2 Å². The second kappa shape index (κ2) is 7.73. The van der Waals surface area contributed by atoms with E-state index in [2.05, 4.69) is 10.2 Å². The maximum absolute atomic E-state index is 13.2. The molecule has 0 spiro atoms. The Morgan fingerprint density at radius 2 is 1.90 bits per heavy atom. The average molecular weight is 402 g/mol. The SMILES string of the molecule is CC(NC(=O)C1Cc2cc(C(F)(F)F)ccc2N2CCCCC12)c1ccccc1. The molecule has 1 saturated heterocycles. The van der Waals surface area contributed by atoms with Crippen LogP contribution in [-0.2, 0) is 17.4 Å². The van der Waals surface area contributed by atoms with Gasteiger partial charge in [-0.1, -0.05) is 30.3 Å². The second-order valence-corrected chi connectivity index (χ2v) is 8.05. The standard InChI is InChI=1S/C23H25F3N2O/c1-15(16-7-3-2-4-8-16)27-22(29)19-14-17-13-18(23(24,25)26)10-11-20(17)28-12-6-5-9-21(19)28/h2-4,7-8,10-11,13,15,19,21H,5-6,9,12,14H2,1H3,(H,27,29). The molecule has 0 bridgehead atoms. The summed E-state index contributed by atoms with van der Waals surface area (Å²) in [6.07, 6.45) is -1.12. The summed E-state index contributed by atoms with van der Waals surface area (Å²) in [6.45, 7) is 2.71. The fourth-order valence-corrected chi connectivity index (χ4v) is 4.67. The predicted molar refractivity (Wildman–Crippen MR) is 107 cm³/mol. The third kappa shape index (κ3) is 3.98. The lowest BCUT2D eigenvalue weighted by molar-refractivity contribution is -0.137. The first-order valence-electron chi connectivity index (χ1n) is 10.2. The van der Waals surface area contributed by atoms with Crippen molar-refractivity contribution in [3.05, 3.63) is 65.2 Å². The number of hydrogen-bond donors (Lipinski definition) is 1. The van der Waals surface area contributed by atoms with Crippen molar-refractivity contribution >= 4 is 11.6 Å². The van der Waals surface area contributed by atoms with Gasteiger partial charge in [-0.3, -0.25) is 4.79 Å². The largest absolute Gasteiger partial charge is 0.416 e. The molecular formula is C23H25F3N2O. The molecule has 1 N–H and O–H groups in total. The zero-order valence-electron chi connectivity index (χ0n) is 16.4. The number of piperidine rings is 1. The third-order valence-electron chi connectivity index (χ3n) is 6.16. The smallest absolute Gasteiger partial charge is 0.368 e. The maximum atomic E-state index is 13.2. The number of carbonyl (C=O) groups is 1. The highest BCUT2D eigenvalue weighted by molar-refractivity contribution is 5.82. The van der Waals surface area contributed by atoms with E-state index in [1.165, 1.54) is 6.07 Å². The predicted octanol–water partition coefficient (Wildman–Crippen LogP) is 5.11. The van der Waals surface area contributed by atoms with Crippen LogP contribution in [0.2, 0.25) is 0 Å². The van der Waals surface area contributed by atoms with Crippen LogP contribution in [0.15, 0.2) is 48.5 Å². The van der Waals surface area contributed by atoms with Crippen LogP contribution in [0, 0.1) is 5.92 Å². The first kappa shape index (κ1) is 19.8. The Hall–Kier alpha value is -2.50. The Labute approximate surface area is 168 Å². The molecule has 0 saturated carbocycles. The molecule has 2 aliphatic heterocycles. The van der Waals surface area contributed by atoms with Crippen molar-refractivity contribution in [3.63, 3.8) is 0 Å². The monoisotopic (exact) mass is 402 g/mol. The van der Waals surface area contributed by atoms with Gasteiger partial charge in [-0.15, -0.1) is 0 Å². The summed E-state index contributed by atoms with van der Waals surface area (Å²) in [4.78, 5) is 15.3. The van der Waals surface area contributed by atoms with Crippen molar-refractivity contribution in [2.24, 2.45) is 5.92 Å². The van der Waals surface area contributed by atoms with E-state index in [9.17, 15) is 18.0 Å². The van der Waals surface area contributed by atoms with Crippen molar-refractivity contribution in [3.8, 4) is 0 Å². The minimum Gasteiger partial charge on any atom is -0.368 e. The van der Waals surface area contributed by atoms with Gasteiger partial charge in [-0.2, -0.15) is 13.2 Å². The van der Waals surface area contributed by atoms with E-state index in [0.717, 1.165) is 43.1 Å². The first-order chi connectivity index (χ1) is 13.8. The number of benzene rings is 2. The molecule has 2 aromatic rings. The summed E-state index contributed by atoms with van der Waals surface area (Å²) in [7, 11) is 0. The van der Waals surface area contributed by atoms with Crippen LogP contribution in [0.25, 0.3) is 0 Å². The van der Waals surface area contributed by atoms with Crippen LogP contribution in [0.3, 0.4) is 0 Å². The molecule has 2 aromatic carbocycles. The second-order valence-electron chi connectivity index (χ2n) is 8.05. The van der Waals surface area contributed by atoms with Gasteiger partial charge in [-0.25, -0.2) is 0 Å². The summed E-state index contributed by atoms with van der Waals surface area (Å²) in [5.41, 5.74) is 1.83. The number of alkyl halides is 3. The van der Waals surface area contributed by atoms with Crippen molar-refractivity contribution in [2.75, 3.05) is 11.4 Å². The van der Waals surface area contributed by atoms with Crippen LogP contribution in [0.5, 0.6) is 0 Å². The van der Waals surface area contributed by atoms with Gasteiger partial charge in [-0.05, 0) is 61.9 Å². The summed E-state index contributed by atoms with van der Waals surface area (Å²) in [5.74, 6) is -0.432. The van der Waals surface area contributed by atoms with E-state index in [1.54, 1.807) is 6.07 Å². The Bertz CT molecular complexity index is 881. The number of anilines is 1. The quantitative estimate of drug-likeness (QED) is 0.773. The number of nitrogens with zero attached hydrogens (tertiary/aromatic N) is 1. The number of amides is 1. The number of carbonyl (C=O) groups excluding carboxylic acids is 1.